The molecule has 0 aliphatic rings. The highest BCUT2D eigenvalue weighted by Gasteiger charge is 2.07. The van der Waals surface area contributed by atoms with Crippen molar-refractivity contribution in [3.8, 4) is 5.75 Å². The molecule has 0 aromatic heterocycles. The zero-order valence-electron chi connectivity index (χ0n) is 8.87. The first-order valence-corrected chi connectivity index (χ1v) is 5.71. The van der Waals surface area contributed by atoms with Crippen LogP contribution in [0.25, 0.3) is 0 Å². The van der Waals surface area contributed by atoms with Crippen molar-refractivity contribution in [3.05, 3.63) is 29.3 Å². The predicted octanol–water partition coefficient (Wildman–Crippen LogP) is 2.46. The monoisotopic (exact) mass is 261 g/mol. The highest BCUT2D eigenvalue weighted by atomic mass is 35.5. The normalized spacial score (nSPS) is 11.9. The average molecular weight is 262 g/mol. The number of hydrogen-bond acceptors (Lipinski definition) is 2. The molecule has 1 rings (SSSR count). The van der Waals surface area contributed by atoms with Gasteiger partial charge in [0, 0.05) is 5.02 Å². The van der Waals surface area contributed by atoms with Crippen molar-refractivity contribution in [2.75, 3.05) is 13.2 Å². The summed E-state index contributed by atoms with van der Waals surface area (Å²) in [5, 5.41) is 2.74. The molecule has 1 aromatic carbocycles. The first kappa shape index (κ1) is 13.1. The molecule has 1 aromatic rings. The van der Waals surface area contributed by atoms with E-state index < -0.39 is 5.38 Å². The maximum atomic E-state index is 11.1. The van der Waals surface area contributed by atoms with E-state index in [0.29, 0.717) is 23.9 Å². The maximum absolute atomic E-state index is 11.1. The molecule has 0 fully saturated rings. The SMILES string of the molecule is CC(Cl)C(=O)NCCOc1cccc(Cl)c1. The molecule has 0 saturated carbocycles. The maximum Gasteiger partial charge on any atom is 0.237 e. The molecule has 0 spiro atoms. The van der Waals surface area contributed by atoms with Gasteiger partial charge in [0.05, 0.1) is 6.54 Å². The lowest BCUT2D eigenvalue weighted by atomic mass is 10.3. The first-order valence-electron chi connectivity index (χ1n) is 4.90. The molecule has 16 heavy (non-hydrogen) atoms. The quantitative estimate of drug-likeness (QED) is 0.654. The number of hydrogen-bond donors (Lipinski definition) is 1. The Balaban J connectivity index is 2.23. The number of nitrogens with one attached hydrogen (secondary N) is 1. The number of rotatable bonds is 5. The second-order valence-electron chi connectivity index (χ2n) is 3.21. The first-order chi connectivity index (χ1) is 7.59. The van der Waals surface area contributed by atoms with Crippen LogP contribution < -0.4 is 10.1 Å². The van der Waals surface area contributed by atoms with Gasteiger partial charge < -0.3 is 10.1 Å². The summed E-state index contributed by atoms with van der Waals surface area (Å²) < 4.78 is 5.37. The molecule has 88 valence electrons. The third kappa shape index (κ3) is 4.73. The van der Waals surface area contributed by atoms with E-state index in [0.717, 1.165) is 0 Å². The predicted molar refractivity (Wildman–Crippen MR) is 65.3 cm³/mol. The molecule has 5 heteroatoms. The summed E-state index contributed by atoms with van der Waals surface area (Å²) in [6.07, 6.45) is 0. The molecule has 1 unspecified atom stereocenters. The van der Waals surface area contributed by atoms with Crippen molar-refractivity contribution in [3.63, 3.8) is 0 Å². The number of amides is 1. The van der Waals surface area contributed by atoms with Gasteiger partial charge in [-0.3, -0.25) is 4.79 Å². The summed E-state index contributed by atoms with van der Waals surface area (Å²) in [4.78, 5) is 11.1. The lowest BCUT2D eigenvalue weighted by Gasteiger charge is -2.08. The lowest BCUT2D eigenvalue weighted by Crippen LogP contribution is -2.32. The number of benzene rings is 1. The van der Waals surface area contributed by atoms with E-state index in [-0.39, 0.29) is 5.91 Å². The van der Waals surface area contributed by atoms with Gasteiger partial charge in [-0.1, -0.05) is 17.7 Å². The molecular weight excluding hydrogens is 249 g/mol. The molecule has 0 aliphatic carbocycles. The number of halogens is 2. The smallest absolute Gasteiger partial charge is 0.237 e. The van der Waals surface area contributed by atoms with Crippen LogP contribution in [0.5, 0.6) is 5.75 Å². The van der Waals surface area contributed by atoms with E-state index in [9.17, 15) is 4.79 Å². The van der Waals surface area contributed by atoms with E-state index >= 15 is 0 Å². The fraction of sp³-hybridized carbons (Fsp3) is 0.364. The Labute approximate surface area is 105 Å². The van der Waals surface area contributed by atoms with Crippen LogP contribution >= 0.6 is 23.2 Å². The van der Waals surface area contributed by atoms with Crippen molar-refractivity contribution in [1.29, 1.82) is 0 Å². The number of alkyl halides is 1. The second kappa shape index (κ2) is 6.61. The minimum Gasteiger partial charge on any atom is -0.492 e. The average Bonchev–Trinajstić information content (AvgIpc) is 2.24. The van der Waals surface area contributed by atoms with E-state index in [2.05, 4.69) is 5.32 Å². The van der Waals surface area contributed by atoms with Gasteiger partial charge in [0.15, 0.2) is 0 Å². The molecule has 1 amide bonds. The van der Waals surface area contributed by atoms with E-state index in [1.54, 1.807) is 31.2 Å². The second-order valence-corrected chi connectivity index (χ2v) is 4.30. The Hall–Kier alpha value is -0.930. The summed E-state index contributed by atoms with van der Waals surface area (Å²) >= 11 is 11.4. The van der Waals surface area contributed by atoms with Crippen molar-refractivity contribution >= 4 is 29.1 Å². The summed E-state index contributed by atoms with van der Waals surface area (Å²) in [7, 11) is 0. The number of ether oxygens (including phenoxy) is 1. The van der Waals surface area contributed by atoms with Crippen LogP contribution in [0.15, 0.2) is 24.3 Å². The molecule has 0 heterocycles. The minimum atomic E-state index is -0.522. The summed E-state index contributed by atoms with van der Waals surface area (Å²) in [5.74, 6) is 0.483. The molecule has 1 atom stereocenters. The van der Waals surface area contributed by atoms with E-state index in [4.69, 9.17) is 27.9 Å². The molecule has 1 N–H and O–H groups in total. The standard InChI is InChI=1S/C11H13Cl2NO2/c1-8(12)11(15)14-5-6-16-10-4-2-3-9(13)7-10/h2-4,7-8H,5-6H2,1H3,(H,14,15). The van der Waals surface area contributed by atoms with Gasteiger partial charge in [0.2, 0.25) is 5.91 Å². The Kier molecular flexibility index (Phi) is 5.43. The summed E-state index contributed by atoms with van der Waals surface area (Å²) in [5.41, 5.74) is 0. The van der Waals surface area contributed by atoms with Crippen molar-refractivity contribution < 1.29 is 9.53 Å². The Morgan fingerprint density at radius 2 is 2.31 bits per heavy atom. The van der Waals surface area contributed by atoms with Gasteiger partial charge in [-0.15, -0.1) is 11.6 Å². The Morgan fingerprint density at radius 3 is 2.94 bits per heavy atom. The van der Waals surface area contributed by atoms with Gasteiger partial charge in [0.25, 0.3) is 0 Å². The van der Waals surface area contributed by atoms with E-state index in [1.807, 2.05) is 0 Å². The van der Waals surface area contributed by atoms with Gasteiger partial charge in [-0.05, 0) is 25.1 Å². The van der Waals surface area contributed by atoms with Crippen LogP contribution in [0.3, 0.4) is 0 Å². The van der Waals surface area contributed by atoms with Crippen LogP contribution in [-0.4, -0.2) is 24.4 Å². The van der Waals surface area contributed by atoms with Crippen molar-refractivity contribution in [1.82, 2.24) is 5.32 Å². The van der Waals surface area contributed by atoms with Gasteiger partial charge in [-0.25, -0.2) is 0 Å². The Bertz CT molecular complexity index is 356. The van der Waals surface area contributed by atoms with Crippen LogP contribution in [-0.2, 0) is 4.79 Å². The van der Waals surface area contributed by atoms with Crippen molar-refractivity contribution in [2.45, 2.75) is 12.3 Å². The zero-order chi connectivity index (χ0) is 12.0. The highest BCUT2D eigenvalue weighted by molar-refractivity contribution is 6.30. The zero-order valence-corrected chi connectivity index (χ0v) is 10.4. The Morgan fingerprint density at radius 1 is 1.56 bits per heavy atom. The van der Waals surface area contributed by atoms with Gasteiger partial charge >= 0.3 is 0 Å². The van der Waals surface area contributed by atoms with Crippen LogP contribution in [0, 0.1) is 0 Å². The number of carbonyl (C=O) groups excluding carboxylic acids is 1. The largest absolute Gasteiger partial charge is 0.492 e. The van der Waals surface area contributed by atoms with Crippen LogP contribution in [0.4, 0.5) is 0 Å². The van der Waals surface area contributed by atoms with Gasteiger partial charge in [0.1, 0.15) is 17.7 Å². The molecule has 0 saturated heterocycles. The highest BCUT2D eigenvalue weighted by Crippen LogP contribution is 2.16. The van der Waals surface area contributed by atoms with Crippen LogP contribution in [0.2, 0.25) is 5.02 Å². The molecule has 0 aliphatic heterocycles. The fourth-order valence-electron chi connectivity index (χ4n) is 1.04. The molecule has 0 bridgehead atoms. The summed E-state index contributed by atoms with van der Waals surface area (Å²) in [6.45, 7) is 2.42. The molecule has 3 nitrogen and oxygen atoms in total. The summed E-state index contributed by atoms with van der Waals surface area (Å²) in [6, 6.07) is 7.09. The third-order valence-electron chi connectivity index (χ3n) is 1.83. The lowest BCUT2D eigenvalue weighted by molar-refractivity contribution is -0.120. The van der Waals surface area contributed by atoms with Gasteiger partial charge in [-0.2, -0.15) is 0 Å². The fourth-order valence-corrected chi connectivity index (χ4v) is 1.30. The van der Waals surface area contributed by atoms with E-state index in [1.165, 1.54) is 0 Å². The topological polar surface area (TPSA) is 38.3 Å². The third-order valence-corrected chi connectivity index (χ3v) is 2.26. The van der Waals surface area contributed by atoms with Crippen molar-refractivity contribution in [2.24, 2.45) is 0 Å². The minimum absolute atomic E-state index is 0.198. The number of carbonyl (C=O) groups is 1. The van der Waals surface area contributed by atoms with Crippen LogP contribution in [0.1, 0.15) is 6.92 Å². The molecular formula is C11H13Cl2NO2. The molecule has 0 radical (unpaired) electrons.